The van der Waals surface area contributed by atoms with Gasteiger partial charge in [0.05, 0.1) is 25.5 Å². The molecule has 0 atom stereocenters. The van der Waals surface area contributed by atoms with Crippen LogP contribution in [0.15, 0.2) is 6.20 Å². The number of hydrogen-bond donors (Lipinski definition) is 0. The minimum atomic E-state index is -0.104. The molecule has 0 amide bonds. The maximum absolute atomic E-state index is 11.3. The minimum absolute atomic E-state index is 0.104. The van der Waals surface area contributed by atoms with Crippen LogP contribution in [0.1, 0.15) is 25.1 Å². The molecule has 0 spiro atoms. The molecule has 18 heavy (non-hydrogen) atoms. The Morgan fingerprint density at radius 3 is 2.89 bits per heavy atom. The summed E-state index contributed by atoms with van der Waals surface area (Å²) in [5, 5.41) is 0.654. The second-order valence-corrected chi connectivity index (χ2v) is 6.17. The summed E-state index contributed by atoms with van der Waals surface area (Å²) in [6, 6.07) is 0. The maximum Gasteiger partial charge on any atom is 0.306 e. The van der Waals surface area contributed by atoms with Crippen molar-refractivity contribution in [2.75, 3.05) is 12.9 Å². The van der Waals surface area contributed by atoms with Crippen LogP contribution in [0.4, 0.5) is 0 Å². The van der Waals surface area contributed by atoms with E-state index in [9.17, 15) is 4.79 Å². The molecule has 0 aromatic carbocycles. The fourth-order valence-corrected chi connectivity index (χ4v) is 3.37. The van der Waals surface area contributed by atoms with Crippen LogP contribution in [0.25, 0.3) is 0 Å². The van der Waals surface area contributed by atoms with Gasteiger partial charge in [-0.25, -0.2) is 4.98 Å². The molecule has 6 heteroatoms. The van der Waals surface area contributed by atoms with Gasteiger partial charge < -0.3 is 9.30 Å². The maximum atomic E-state index is 11.3. The number of methoxy groups -OCH3 is 1. The lowest BCUT2D eigenvalue weighted by Crippen LogP contribution is -2.13. The highest BCUT2D eigenvalue weighted by molar-refractivity contribution is 7.98. The van der Waals surface area contributed by atoms with Crippen LogP contribution in [0, 0.1) is 5.41 Å². The Bertz CT molecular complexity index is 443. The summed E-state index contributed by atoms with van der Waals surface area (Å²) in [5.41, 5.74) is 0.173. The number of imidazole rings is 1. The van der Waals surface area contributed by atoms with Crippen molar-refractivity contribution in [2.24, 2.45) is 12.5 Å². The zero-order valence-electron chi connectivity index (χ0n) is 10.6. The fraction of sp³-hybridized carbons (Fsp3) is 0.667. The van der Waals surface area contributed by atoms with Crippen molar-refractivity contribution in [2.45, 2.75) is 25.0 Å². The van der Waals surface area contributed by atoms with Gasteiger partial charge in [-0.3, -0.25) is 4.79 Å². The predicted octanol–water partition coefficient (Wildman–Crippen LogP) is 2.65. The van der Waals surface area contributed by atoms with Gasteiger partial charge in [-0.05, 0) is 24.0 Å². The zero-order chi connectivity index (χ0) is 13.2. The van der Waals surface area contributed by atoms with E-state index in [0.717, 1.165) is 30.2 Å². The van der Waals surface area contributed by atoms with Crippen molar-refractivity contribution in [1.82, 2.24) is 9.55 Å². The lowest BCUT2D eigenvalue weighted by atomic mass is 10.1. The van der Waals surface area contributed by atoms with Gasteiger partial charge in [0, 0.05) is 7.05 Å². The molecular formula is C12H17ClN2O2S. The second-order valence-electron chi connectivity index (χ2n) is 4.80. The van der Waals surface area contributed by atoms with Gasteiger partial charge in [-0.15, -0.1) is 0 Å². The molecule has 0 unspecified atom stereocenters. The largest absolute Gasteiger partial charge is 0.469 e. The molecule has 0 saturated heterocycles. The van der Waals surface area contributed by atoms with Gasteiger partial charge in [-0.1, -0.05) is 11.6 Å². The van der Waals surface area contributed by atoms with Gasteiger partial charge in [0.25, 0.3) is 0 Å². The number of aromatic nitrogens is 2. The minimum Gasteiger partial charge on any atom is -0.469 e. The van der Waals surface area contributed by atoms with E-state index in [1.54, 1.807) is 18.0 Å². The Hall–Kier alpha value is -0.680. The highest BCUT2D eigenvalue weighted by Crippen LogP contribution is 2.51. The third-order valence-corrected chi connectivity index (χ3v) is 5.00. The summed E-state index contributed by atoms with van der Waals surface area (Å²) in [6.45, 7) is 0. The molecule has 1 heterocycles. The standard InChI is InChI=1S/C12H17ClN2O2S/c1-15-9(13)6-14-10(15)7-18-8-12(3-4-12)5-11(16)17-2/h6H,3-5,7-8H2,1-2H3. The summed E-state index contributed by atoms with van der Waals surface area (Å²) >= 11 is 7.73. The Labute approximate surface area is 116 Å². The van der Waals surface area contributed by atoms with E-state index in [4.69, 9.17) is 16.3 Å². The van der Waals surface area contributed by atoms with Crippen molar-refractivity contribution in [3.05, 3.63) is 17.2 Å². The van der Waals surface area contributed by atoms with Crippen molar-refractivity contribution < 1.29 is 9.53 Å². The van der Waals surface area contributed by atoms with E-state index in [0.29, 0.717) is 11.6 Å². The molecule has 1 aliphatic rings. The third kappa shape index (κ3) is 3.20. The number of halogens is 1. The average Bonchev–Trinajstić information content (AvgIpc) is 3.04. The first-order chi connectivity index (χ1) is 8.56. The van der Waals surface area contributed by atoms with Gasteiger partial charge in [-0.2, -0.15) is 11.8 Å². The Morgan fingerprint density at radius 1 is 1.67 bits per heavy atom. The van der Waals surface area contributed by atoms with Crippen molar-refractivity contribution in [1.29, 1.82) is 0 Å². The first kappa shape index (κ1) is 13.7. The number of rotatable bonds is 6. The van der Waals surface area contributed by atoms with Crippen molar-refractivity contribution in [3.8, 4) is 0 Å². The van der Waals surface area contributed by atoms with E-state index in [-0.39, 0.29) is 11.4 Å². The molecule has 1 fully saturated rings. The van der Waals surface area contributed by atoms with Crippen LogP contribution >= 0.6 is 23.4 Å². The van der Waals surface area contributed by atoms with E-state index in [2.05, 4.69) is 4.98 Å². The molecule has 1 aliphatic carbocycles. The summed E-state index contributed by atoms with van der Waals surface area (Å²) < 4.78 is 6.61. The number of hydrogen-bond acceptors (Lipinski definition) is 4. The number of carbonyl (C=O) groups is 1. The molecule has 0 aliphatic heterocycles. The summed E-state index contributed by atoms with van der Waals surface area (Å²) in [7, 11) is 3.36. The Kier molecular flexibility index (Phi) is 4.22. The van der Waals surface area contributed by atoms with Crippen LogP contribution in [-0.2, 0) is 22.3 Å². The molecule has 1 aromatic heterocycles. The van der Waals surface area contributed by atoms with Crippen LogP contribution < -0.4 is 0 Å². The first-order valence-electron chi connectivity index (χ1n) is 5.87. The molecule has 0 radical (unpaired) electrons. The summed E-state index contributed by atoms with van der Waals surface area (Å²) in [4.78, 5) is 15.5. The van der Waals surface area contributed by atoms with E-state index < -0.39 is 0 Å². The van der Waals surface area contributed by atoms with Gasteiger partial charge in [0.2, 0.25) is 0 Å². The monoisotopic (exact) mass is 288 g/mol. The van der Waals surface area contributed by atoms with Gasteiger partial charge in [0.1, 0.15) is 11.0 Å². The normalized spacial score (nSPS) is 16.6. The lowest BCUT2D eigenvalue weighted by molar-refractivity contribution is -0.141. The number of carbonyl (C=O) groups excluding carboxylic acids is 1. The Balaban J connectivity index is 1.79. The van der Waals surface area contributed by atoms with Crippen molar-refractivity contribution >= 4 is 29.3 Å². The SMILES string of the molecule is COC(=O)CC1(CSCc2ncc(Cl)n2C)CC1. The highest BCUT2D eigenvalue weighted by atomic mass is 35.5. The van der Waals surface area contributed by atoms with E-state index >= 15 is 0 Å². The predicted molar refractivity (Wildman–Crippen MR) is 72.7 cm³/mol. The number of thioether (sulfide) groups is 1. The average molecular weight is 289 g/mol. The number of ether oxygens (including phenoxy) is 1. The topological polar surface area (TPSA) is 44.1 Å². The zero-order valence-corrected chi connectivity index (χ0v) is 12.2. The molecule has 0 N–H and O–H groups in total. The fourth-order valence-electron chi connectivity index (χ4n) is 1.84. The highest BCUT2D eigenvalue weighted by Gasteiger charge is 2.44. The number of esters is 1. The van der Waals surface area contributed by atoms with Crippen molar-refractivity contribution in [3.63, 3.8) is 0 Å². The van der Waals surface area contributed by atoms with Crippen LogP contribution in [0.3, 0.4) is 0 Å². The van der Waals surface area contributed by atoms with Crippen LogP contribution in [0.2, 0.25) is 5.15 Å². The van der Waals surface area contributed by atoms with Crippen LogP contribution in [-0.4, -0.2) is 28.4 Å². The lowest BCUT2D eigenvalue weighted by Gasteiger charge is -2.12. The van der Waals surface area contributed by atoms with Gasteiger partial charge in [0.15, 0.2) is 0 Å². The summed E-state index contributed by atoms with van der Waals surface area (Å²) in [6.07, 6.45) is 4.45. The van der Waals surface area contributed by atoms with E-state index in [1.807, 2.05) is 11.6 Å². The Morgan fingerprint density at radius 2 is 2.39 bits per heavy atom. The second kappa shape index (κ2) is 5.53. The molecular weight excluding hydrogens is 272 g/mol. The molecule has 4 nitrogen and oxygen atoms in total. The first-order valence-corrected chi connectivity index (χ1v) is 7.40. The summed E-state index contributed by atoms with van der Waals surface area (Å²) in [5.74, 6) is 2.67. The van der Waals surface area contributed by atoms with Gasteiger partial charge >= 0.3 is 5.97 Å². The molecule has 2 rings (SSSR count). The molecule has 1 aromatic rings. The molecule has 1 saturated carbocycles. The third-order valence-electron chi connectivity index (χ3n) is 3.37. The number of nitrogens with zero attached hydrogens (tertiary/aromatic N) is 2. The molecule has 0 bridgehead atoms. The van der Waals surface area contributed by atoms with Crippen LogP contribution in [0.5, 0.6) is 0 Å². The van der Waals surface area contributed by atoms with E-state index in [1.165, 1.54) is 7.11 Å². The smallest absolute Gasteiger partial charge is 0.306 e. The quantitative estimate of drug-likeness (QED) is 0.755. The molecule has 100 valence electrons.